The Balaban J connectivity index is 2.36. The van der Waals surface area contributed by atoms with Crippen LogP contribution < -0.4 is 16.1 Å². The second-order valence-corrected chi connectivity index (χ2v) is 4.65. The Labute approximate surface area is 123 Å². The first-order chi connectivity index (χ1) is 10.2. The monoisotopic (exact) mass is 289 g/mol. The Hall–Kier alpha value is -2.40. The lowest BCUT2D eigenvalue weighted by molar-refractivity contribution is 0.122. The lowest BCUT2D eigenvalue weighted by atomic mass is 10.2. The van der Waals surface area contributed by atoms with Gasteiger partial charge in [-0.3, -0.25) is 5.43 Å². The Morgan fingerprint density at radius 2 is 2.19 bits per heavy atom. The first kappa shape index (κ1) is 15.0. The van der Waals surface area contributed by atoms with Crippen LogP contribution in [0.2, 0.25) is 0 Å². The van der Waals surface area contributed by atoms with Crippen LogP contribution in [0.5, 0.6) is 0 Å². The van der Waals surface area contributed by atoms with E-state index in [0.717, 1.165) is 12.1 Å². The minimum atomic E-state index is 0.113. The van der Waals surface area contributed by atoms with Crippen molar-refractivity contribution >= 4 is 23.3 Å². The molecule has 1 aromatic heterocycles. The molecule has 2 heterocycles. The second kappa shape index (κ2) is 6.85. The number of aromatic nitrogens is 2. The highest BCUT2D eigenvalue weighted by Gasteiger charge is 2.20. The summed E-state index contributed by atoms with van der Waals surface area (Å²) < 4.78 is 5.31. The van der Waals surface area contributed by atoms with E-state index in [1.807, 2.05) is 18.7 Å². The van der Waals surface area contributed by atoms with Gasteiger partial charge in [0.1, 0.15) is 11.6 Å². The molecule has 0 amide bonds. The lowest BCUT2D eigenvalue weighted by Gasteiger charge is -2.28. The van der Waals surface area contributed by atoms with E-state index >= 15 is 0 Å². The molecule has 0 saturated carbocycles. The van der Waals surface area contributed by atoms with Crippen LogP contribution in [0.3, 0.4) is 0 Å². The van der Waals surface area contributed by atoms with Gasteiger partial charge in [0.2, 0.25) is 5.95 Å². The fraction of sp³-hybridized carbons (Fsp3) is 0.538. The molecule has 112 valence electrons. The molecular weight excluding hydrogens is 270 g/mol. The summed E-state index contributed by atoms with van der Waals surface area (Å²) in [5.74, 6) is 0.974. The van der Waals surface area contributed by atoms with E-state index in [4.69, 9.17) is 10.5 Å². The van der Waals surface area contributed by atoms with E-state index in [1.54, 1.807) is 0 Å². The molecule has 2 rings (SSSR count). The van der Waals surface area contributed by atoms with Gasteiger partial charge in [-0.1, -0.05) is 6.92 Å². The Morgan fingerprint density at radius 3 is 2.81 bits per heavy atom. The number of anilines is 3. The maximum absolute atomic E-state index is 9.43. The molecule has 0 aromatic carbocycles. The highest BCUT2D eigenvalue weighted by atomic mass is 16.5. The van der Waals surface area contributed by atoms with E-state index in [-0.39, 0.29) is 5.95 Å². The van der Waals surface area contributed by atoms with Crippen molar-refractivity contribution < 1.29 is 4.74 Å². The molecule has 8 heteroatoms. The van der Waals surface area contributed by atoms with Crippen molar-refractivity contribution in [2.45, 2.75) is 20.3 Å². The van der Waals surface area contributed by atoms with E-state index in [0.29, 0.717) is 43.5 Å². The van der Waals surface area contributed by atoms with Gasteiger partial charge in [0.15, 0.2) is 11.6 Å². The Bertz CT molecular complexity index is 573. The van der Waals surface area contributed by atoms with Crippen molar-refractivity contribution in [1.82, 2.24) is 9.97 Å². The number of hydrogen-bond donors (Lipinski definition) is 2. The summed E-state index contributed by atoms with van der Waals surface area (Å²) in [7, 11) is 0. The molecule has 0 bridgehead atoms. The van der Waals surface area contributed by atoms with Crippen LogP contribution in [-0.2, 0) is 4.74 Å². The topological polar surface area (TPSA) is 112 Å². The SMILES string of the molecule is CC/C(C)=N/Nc1nc(N)nc(N2CCOCC2)c1C#N. The minimum Gasteiger partial charge on any atom is -0.378 e. The quantitative estimate of drug-likeness (QED) is 0.627. The summed E-state index contributed by atoms with van der Waals surface area (Å²) in [6.45, 7) is 6.44. The van der Waals surface area contributed by atoms with Gasteiger partial charge in [-0.15, -0.1) is 0 Å². The van der Waals surface area contributed by atoms with Crippen LogP contribution in [0.4, 0.5) is 17.6 Å². The van der Waals surface area contributed by atoms with Gasteiger partial charge in [-0.2, -0.15) is 20.3 Å². The molecular formula is C13H19N7O. The van der Waals surface area contributed by atoms with Crippen molar-refractivity contribution in [3.63, 3.8) is 0 Å². The summed E-state index contributed by atoms with van der Waals surface area (Å²) in [6, 6.07) is 2.14. The number of hydrogen-bond acceptors (Lipinski definition) is 8. The average molecular weight is 289 g/mol. The van der Waals surface area contributed by atoms with Crippen LogP contribution >= 0.6 is 0 Å². The van der Waals surface area contributed by atoms with Gasteiger partial charge >= 0.3 is 0 Å². The van der Waals surface area contributed by atoms with Crippen molar-refractivity contribution in [2.24, 2.45) is 5.10 Å². The van der Waals surface area contributed by atoms with E-state index in [9.17, 15) is 5.26 Å². The third kappa shape index (κ3) is 3.58. The molecule has 1 saturated heterocycles. The molecule has 0 radical (unpaired) electrons. The third-order valence-corrected chi connectivity index (χ3v) is 3.19. The fourth-order valence-corrected chi connectivity index (χ4v) is 1.88. The molecule has 1 aromatic rings. The second-order valence-electron chi connectivity index (χ2n) is 4.65. The number of nitriles is 1. The molecule has 0 spiro atoms. The highest BCUT2D eigenvalue weighted by molar-refractivity contribution is 5.82. The number of ether oxygens (including phenoxy) is 1. The molecule has 0 unspecified atom stereocenters. The maximum Gasteiger partial charge on any atom is 0.224 e. The van der Waals surface area contributed by atoms with Gasteiger partial charge in [0, 0.05) is 18.8 Å². The summed E-state index contributed by atoms with van der Waals surface area (Å²) in [6.07, 6.45) is 0.811. The van der Waals surface area contributed by atoms with Crippen LogP contribution in [0.15, 0.2) is 5.10 Å². The van der Waals surface area contributed by atoms with Crippen LogP contribution in [0.25, 0.3) is 0 Å². The standard InChI is InChI=1S/C13H19N7O/c1-3-9(2)18-19-11-10(8-14)12(17-13(15)16-11)20-4-6-21-7-5-20/h3-7H2,1-2H3,(H3,15,16,17,19)/b18-9+. The number of nitrogens with two attached hydrogens (primary N) is 1. The molecule has 21 heavy (non-hydrogen) atoms. The number of morpholine rings is 1. The molecule has 1 aliphatic heterocycles. The first-order valence-corrected chi connectivity index (χ1v) is 6.85. The van der Waals surface area contributed by atoms with E-state index < -0.39 is 0 Å². The molecule has 1 fully saturated rings. The lowest BCUT2D eigenvalue weighted by Crippen LogP contribution is -2.37. The van der Waals surface area contributed by atoms with Gasteiger partial charge < -0.3 is 15.4 Å². The molecule has 3 N–H and O–H groups in total. The molecule has 0 atom stereocenters. The van der Waals surface area contributed by atoms with Crippen LogP contribution in [-0.4, -0.2) is 42.0 Å². The van der Waals surface area contributed by atoms with Crippen molar-refractivity contribution in [3.8, 4) is 6.07 Å². The smallest absolute Gasteiger partial charge is 0.224 e. The zero-order valence-corrected chi connectivity index (χ0v) is 12.3. The number of nitrogen functional groups attached to an aromatic ring is 1. The maximum atomic E-state index is 9.43. The van der Waals surface area contributed by atoms with E-state index in [1.165, 1.54) is 0 Å². The normalized spacial score (nSPS) is 15.7. The Morgan fingerprint density at radius 1 is 1.48 bits per heavy atom. The van der Waals surface area contributed by atoms with Crippen molar-refractivity contribution in [1.29, 1.82) is 5.26 Å². The Kier molecular flexibility index (Phi) is 4.90. The molecule has 1 aliphatic rings. The summed E-state index contributed by atoms with van der Waals surface area (Å²) in [5, 5.41) is 13.6. The zero-order chi connectivity index (χ0) is 15.2. The van der Waals surface area contributed by atoms with Crippen molar-refractivity contribution in [2.75, 3.05) is 42.4 Å². The third-order valence-electron chi connectivity index (χ3n) is 3.19. The fourth-order valence-electron chi connectivity index (χ4n) is 1.88. The number of nitrogens with zero attached hydrogens (tertiary/aromatic N) is 5. The summed E-state index contributed by atoms with van der Waals surface area (Å²) >= 11 is 0. The van der Waals surface area contributed by atoms with Crippen LogP contribution in [0.1, 0.15) is 25.8 Å². The highest BCUT2D eigenvalue weighted by Crippen LogP contribution is 2.25. The first-order valence-electron chi connectivity index (χ1n) is 6.85. The number of rotatable bonds is 4. The number of nitrogens with one attached hydrogen (secondary N) is 1. The van der Waals surface area contributed by atoms with Crippen molar-refractivity contribution in [3.05, 3.63) is 5.56 Å². The minimum absolute atomic E-state index is 0.113. The average Bonchev–Trinajstić information content (AvgIpc) is 2.52. The van der Waals surface area contributed by atoms with Gasteiger partial charge in [-0.25, -0.2) is 0 Å². The van der Waals surface area contributed by atoms with Gasteiger partial charge in [-0.05, 0) is 13.3 Å². The van der Waals surface area contributed by atoms with Gasteiger partial charge in [0.25, 0.3) is 0 Å². The predicted molar refractivity (Wildman–Crippen MR) is 81.2 cm³/mol. The zero-order valence-electron chi connectivity index (χ0n) is 12.3. The summed E-state index contributed by atoms with van der Waals surface area (Å²) in [5.41, 5.74) is 9.81. The predicted octanol–water partition coefficient (Wildman–Crippen LogP) is 0.965. The largest absolute Gasteiger partial charge is 0.378 e. The van der Waals surface area contributed by atoms with E-state index in [2.05, 4.69) is 26.6 Å². The van der Waals surface area contributed by atoms with Crippen LogP contribution in [0, 0.1) is 11.3 Å². The summed E-state index contributed by atoms with van der Waals surface area (Å²) in [4.78, 5) is 10.2. The molecule has 0 aliphatic carbocycles. The van der Waals surface area contributed by atoms with Gasteiger partial charge in [0.05, 0.1) is 13.2 Å². The molecule has 8 nitrogen and oxygen atoms in total. The number of hydrazone groups is 1.